The smallest absolute Gasteiger partial charge is 0.264 e. The van der Waals surface area contributed by atoms with E-state index < -0.39 is 11.6 Å². The van der Waals surface area contributed by atoms with Crippen LogP contribution in [0.4, 0.5) is 14.5 Å². The largest absolute Gasteiger partial charge is 0.483 e. The molecule has 116 valence electrons. The molecule has 5 heteroatoms. The summed E-state index contributed by atoms with van der Waals surface area (Å²) in [5.41, 5.74) is 2.14. The van der Waals surface area contributed by atoms with Gasteiger partial charge >= 0.3 is 0 Å². The lowest BCUT2D eigenvalue weighted by Gasteiger charge is -2.19. The third-order valence-corrected chi connectivity index (χ3v) is 3.41. The normalized spacial score (nSPS) is 10.4. The highest BCUT2D eigenvalue weighted by molar-refractivity contribution is 5.93. The van der Waals surface area contributed by atoms with E-state index in [1.165, 1.54) is 18.0 Å². The van der Waals surface area contributed by atoms with Crippen molar-refractivity contribution in [2.75, 3.05) is 18.6 Å². The molecular formula is C17H17F2NO2. The van der Waals surface area contributed by atoms with Crippen molar-refractivity contribution >= 4 is 11.6 Å². The van der Waals surface area contributed by atoms with Gasteiger partial charge in [-0.15, -0.1) is 0 Å². The number of ether oxygens (including phenoxy) is 1. The van der Waals surface area contributed by atoms with Gasteiger partial charge in [0, 0.05) is 18.8 Å². The number of benzene rings is 2. The number of halogens is 2. The first-order valence-electron chi connectivity index (χ1n) is 6.80. The fourth-order valence-electron chi connectivity index (χ4n) is 2.10. The number of hydrogen-bond donors (Lipinski definition) is 0. The van der Waals surface area contributed by atoms with Crippen LogP contribution in [0.3, 0.4) is 0 Å². The Bertz CT molecular complexity index is 681. The number of rotatable bonds is 4. The van der Waals surface area contributed by atoms with Crippen LogP contribution >= 0.6 is 0 Å². The van der Waals surface area contributed by atoms with Gasteiger partial charge in [-0.2, -0.15) is 0 Å². The number of anilines is 1. The van der Waals surface area contributed by atoms with Gasteiger partial charge in [-0.05, 0) is 37.1 Å². The van der Waals surface area contributed by atoms with E-state index in [4.69, 9.17) is 4.74 Å². The summed E-state index contributed by atoms with van der Waals surface area (Å²) in [7, 11) is 1.49. The zero-order valence-corrected chi connectivity index (χ0v) is 12.7. The zero-order valence-electron chi connectivity index (χ0n) is 12.7. The van der Waals surface area contributed by atoms with Gasteiger partial charge in [-0.1, -0.05) is 18.2 Å². The van der Waals surface area contributed by atoms with E-state index in [-0.39, 0.29) is 18.2 Å². The monoisotopic (exact) mass is 305 g/mol. The Hall–Kier alpha value is -2.43. The summed E-state index contributed by atoms with van der Waals surface area (Å²) in [6.07, 6.45) is 0. The summed E-state index contributed by atoms with van der Waals surface area (Å²) in [5, 5.41) is 0. The average Bonchev–Trinajstić information content (AvgIpc) is 2.48. The lowest BCUT2D eigenvalue weighted by molar-refractivity contribution is -0.120. The van der Waals surface area contributed by atoms with Crippen molar-refractivity contribution in [2.45, 2.75) is 13.8 Å². The first-order chi connectivity index (χ1) is 10.4. The Morgan fingerprint density at radius 2 is 1.73 bits per heavy atom. The highest BCUT2D eigenvalue weighted by Crippen LogP contribution is 2.23. The topological polar surface area (TPSA) is 29.5 Å². The van der Waals surface area contributed by atoms with Crippen LogP contribution in [0.5, 0.6) is 5.75 Å². The molecule has 0 saturated carbocycles. The molecule has 0 radical (unpaired) electrons. The molecular weight excluding hydrogens is 288 g/mol. The number of aryl methyl sites for hydroxylation is 2. The second-order valence-electron chi connectivity index (χ2n) is 5.06. The molecule has 0 unspecified atom stereocenters. The summed E-state index contributed by atoms with van der Waals surface area (Å²) in [6, 6.07) is 9.01. The second kappa shape index (κ2) is 6.56. The van der Waals surface area contributed by atoms with Gasteiger partial charge in [-0.25, -0.2) is 8.78 Å². The molecule has 0 aliphatic heterocycles. The van der Waals surface area contributed by atoms with Crippen LogP contribution < -0.4 is 9.64 Å². The Balaban J connectivity index is 2.07. The predicted octanol–water partition coefficient (Wildman–Crippen LogP) is 3.62. The molecule has 0 aliphatic carbocycles. The average molecular weight is 305 g/mol. The molecule has 2 rings (SSSR count). The lowest BCUT2D eigenvalue weighted by atomic mass is 10.1. The predicted molar refractivity (Wildman–Crippen MR) is 81.2 cm³/mol. The lowest BCUT2D eigenvalue weighted by Crippen LogP contribution is -2.31. The third-order valence-electron chi connectivity index (χ3n) is 3.41. The summed E-state index contributed by atoms with van der Waals surface area (Å²) >= 11 is 0. The van der Waals surface area contributed by atoms with Crippen LogP contribution in [0.1, 0.15) is 11.1 Å². The molecule has 0 aromatic heterocycles. The fraction of sp³-hybridized carbons (Fsp3) is 0.235. The third kappa shape index (κ3) is 3.42. The van der Waals surface area contributed by atoms with E-state index >= 15 is 0 Å². The number of hydrogen-bond acceptors (Lipinski definition) is 2. The molecule has 0 heterocycles. The van der Waals surface area contributed by atoms with Gasteiger partial charge in [0.05, 0.1) is 0 Å². The van der Waals surface area contributed by atoms with Crippen molar-refractivity contribution in [1.29, 1.82) is 0 Å². The molecule has 0 fully saturated rings. The maximum Gasteiger partial charge on any atom is 0.264 e. The quantitative estimate of drug-likeness (QED) is 0.863. The first-order valence-corrected chi connectivity index (χ1v) is 6.80. The molecule has 2 aromatic rings. The Morgan fingerprint density at radius 3 is 2.32 bits per heavy atom. The Kier molecular flexibility index (Phi) is 4.75. The van der Waals surface area contributed by atoms with Crippen LogP contribution in [0.2, 0.25) is 0 Å². The van der Waals surface area contributed by atoms with Crippen LogP contribution in [0.15, 0.2) is 36.4 Å². The van der Waals surface area contributed by atoms with Crippen molar-refractivity contribution < 1.29 is 18.3 Å². The van der Waals surface area contributed by atoms with E-state index in [1.807, 2.05) is 32.0 Å². The van der Waals surface area contributed by atoms with E-state index in [9.17, 15) is 13.6 Å². The number of carbonyl (C=O) groups is 1. The molecule has 22 heavy (non-hydrogen) atoms. The second-order valence-corrected chi connectivity index (χ2v) is 5.06. The minimum absolute atomic E-state index is 0.179. The number of carbonyl (C=O) groups excluding carboxylic acids is 1. The molecule has 0 saturated heterocycles. The highest BCUT2D eigenvalue weighted by Gasteiger charge is 2.15. The SMILES string of the molecule is Cc1cccc(C)c1OCC(=O)N(C)c1ccc(F)c(F)c1. The van der Waals surface area contributed by atoms with Crippen molar-refractivity contribution in [3.8, 4) is 5.75 Å². The summed E-state index contributed by atoms with van der Waals surface area (Å²) in [5.74, 6) is -1.63. The molecule has 2 aromatic carbocycles. The van der Waals surface area contributed by atoms with Gasteiger partial charge < -0.3 is 9.64 Å². The summed E-state index contributed by atoms with van der Waals surface area (Å²) < 4.78 is 31.7. The molecule has 0 spiro atoms. The van der Waals surface area contributed by atoms with E-state index in [1.54, 1.807) is 0 Å². The maximum atomic E-state index is 13.2. The van der Waals surface area contributed by atoms with Crippen LogP contribution in [-0.2, 0) is 4.79 Å². The van der Waals surface area contributed by atoms with Crippen LogP contribution in [0, 0.1) is 25.5 Å². The minimum atomic E-state index is -0.993. The number of nitrogens with zero attached hydrogens (tertiary/aromatic N) is 1. The van der Waals surface area contributed by atoms with Gasteiger partial charge in [-0.3, -0.25) is 4.79 Å². The standard InChI is InChI=1S/C17H17F2NO2/c1-11-5-4-6-12(2)17(11)22-10-16(21)20(3)13-7-8-14(18)15(19)9-13/h4-9H,10H2,1-3H3. The van der Waals surface area contributed by atoms with E-state index in [0.29, 0.717) is 5.75 Å². The highest BCUT2D eigenvalue weighted by atomic mass is 19.2. The van der Waals surface area contributed by atoms with E-state index in [0.717, 1.165) is 23.3 Å². The Labute approximate surface area is 128 Å². The molecule has 0 N–H and O–H groups in total. The minimum Gasteiger partial charge on any atom is -0.483 e. The first kappa shape index (κ1) is 15.9. The maximum absolute atomic E-state index is 13.2. The van der Waals surface area contributed by atoms with Crippen molar-refractivity contribution in [3.05, 3.63) is 59.2 Å². The fourth-order valence-corrected chi connectivity index (χ4v) is 2.10. The molecule has 0 atom stereocenters. The number of para-hydroxylation sites is 1. The van der Waals surface area contributed by atoms with Gasteiger partial charge in [0.1, 0.15) is 5.75 Å². The van der Waals surface area contributed by atoms with Gasteiger partial charge in [0.2, 0.25) is 0 Å². The van der Waals surface area contributed by atoms with Crippen molar-refractivity contribution in [1.82, 2.24) is 0 Å². The molecule has 0 bridgehead atoms. The molecule has 3 nitrogen and oxygen atoms in total. The number of amides is 1. The molecule has 1 amide bonds. The summed E-state index contributed by atoms with van der Waals surface area (Å²) in [6.45, 7) is 3.61. The zero-order chi connectivity index (χ0) is 16.3. The van der Waals surface area contributed by atoms with Gasteiger partial charge in [0.25, 0.3) is 5.91 Å². The summed E-state index contributed by atoms with van der Waals surface area (Å²) in [4.78, 5) is 13.4. The van der Waals surface area contributed by atoms with E-state index in [2.05, 4.69) is 0 Å². The van der Waals surface area contributed by atoms with Crippen LogP contribution in [-0.4, -0.2) is 19.6 Å². The number of likely N-dealkylation sites (N-methyl/N-ethyl adjacent to an activating group) is 1. The Morgan fingerprint density at radius 1 is 1.09 bits per heavy atom. The van der Waals surface area contributed by atoms with Crippen LogP contribution in [0.25, 0.3) is 0 Å². The molecule has 0 aliphatic rings. The van der Waals surface area contributed by atoms with Crippen molar-refractivity contribution in [2.24, 2.45) is 0 Å². The van der Waals surface area contributed by atoms with Gasteiger partial charge in [0.15, 0.2) is 18.2 Å². The van der Waals surface area contributed by atoms with Crippen molar-refractivity contribution in [3.63, 3.8) is 0 Å².